The maximum Gasteiger partial charge on any atom is 0.0761 e. The van der Waals surface area contributed by atoms with Gasteiger partial charge in [-0.25, -0.2) is 0 Å². The Kier molecular flexibility index (Phi) is 4.24. The fourth-order valence-electron chi connectivity index (χ4n) is 1.62. The fourth-order valence-corrected chi connectivity index (χ4v) is 5.56. The van der Waals surface area contributed by atoms with Crippen molar-refractivity contribution >= 4 is 54.5 Å². The lowest BCUT2D eigenvalue weighted by atomic mass is 10.1. The zero-order valence-corrected chi connectivity index (χ0v) is 13.5. The number of halogens is 2. The van der Waals surface area contributed by atoms with Crippen LogP contribution in [-0.4, -0.2) is 0 Å². The van der Waals surface area contributed by atoms with Gasteiger partial charge in [-0.3, -0.25) is 0 Å². The van der Waals surface area contributed by atoms with E-state index in [0.717, 1.165) is 19.6 Å². The van der Waals surface area contributed by atoms with E-state index in [-0.39, 0.29) is 6.04 Å². The molecule has 16 heavy (non-hydrogen) atoms. The number of hydrogen-bond donors (Lipinski definition) is 1. The second-order valence-corrected chi connectivity index (χ2v) is 8.12. The number of nitrogens with two attached hydrogens (primary N) is 1. The Morgan fingerprint density at radius 2 is 2.19 bits per heavy atom. The molecule has 0 aromatic carbocycles. The van der Waals surface area contributed by atoms with Crippen LogP contribution in [0.5, 0.6) is 0 Å². The van der Waals surface area contributed by atoms with Gasteiger partial charge in [0.2, 0.25) is 0 Å². The average molecular weight is 381 g/mol. The van der Waals surface area contributed by atoms with Crippen molar-refractivity contribution < 1.29 is 0 Å². The number of rotatable bonds is 3. The molecular weight excluding hydrogens is 370 g/mol. The maximum absolute atomic E-state index is 6.32. The molecule has 1 atom stereocenters. The van der Waals surface area contributed by atoms with E-state index in [1.165, 1.54) is 10.4 Å². The van der Waals surface area contributed by atoms with Crippen molar-refractivity contribution in [3.63, 3.8) is 0 Å². The molecule has 2 N–H and O–H groups in total. The van der Waals surface area contributed by atoms with Gasteiger partial charge in [-0.2, -0.15) is 0 Å². The first-order valence-electron chi connectivity index (χ1n) is 4.90. The Hall–Kier alpha value is 0.320. The zero-order valence-electron chi connectivity index (χ0n) is 8.67. The highest BCUT2D eigenvalue weighted by Gasteiger charge is 2.18. The molecule has 0 radical (unpaired) electrons. The topological polar surface area (TPSA) is 26.0 Å². The highest BCUT2D eigenvalue weighted by molar-refractivity contribution is 9.12. The van der Waals surface area contributed by atoms with Crippen molar-refractivity contribution in [2.45, 2.75) is 19.4 Å². The van der Waals surface area contributed by atoms with Gasteiger partial charge in [-0.1, -0.05) is 6.92 Å². The molecule has 2 aromatic heterocycles. The molecule has 1 unspecified atom stereocenters. The molecule has 86 valence electrons. The first kappa shape index (κ1) is 12.8. The predicted molar refractivity (Wildman–Crippen MR) is 79.4 cm³/mol. The van der Waals surface area contributed by atoms with Gasteiger partial charge in [-0.15, -0.1) is 22.7 Å². The second kappa shape index (κ2) is 5.31. The predicted octanol–water partition coefficient (Wildman–Crippen LogP) is 4.95. The third-order valence-electron chi connectivity index (χ3n) is 2.46. The molecule has 2 heterocycles. The van der Waals surface area contributed by atoms with Gasteiger partial charge in [0.15, 0.2) is 0 Å². The van der Waals surface area contributed by atoms with E-state index < -0.39 is 0 Å². The monoisotopic (exact) mass is 379 g/mol. The molecule has 0 aliphatic carbocycles. The second-order valence-electron chi connectivity index (χ2n) is 3.42. The van der Waals surface area contributed by atoms with E-state index in [1.54, 1.807) is 22.7 Å². The summed E-state index contributed by atoms with van der Waals surface area (Å²) in [5.41, 5.74) is 8.83. The summed E-state index contributed by atoms with van der Waals surface area (Å²) in [7, 11) is 0. The molecule has 0 amide bonds. The third kappa shape index (κ3) is 2.43. The molecule has 0 spiro atoms. The van der Waals surface area contributed by atoms with Crippen molar-refractivity contribution in [3.8, 4) is 0 Å². The third-order valence-corrected chi connectivity index (χ3v) is 5.89. The first-order chi connectivity index (χ1) is 7.63. The summed E-state index contributed by atoms with van der Waals surface area (Å²) in [5, 5.41) is 2.11. The molecule has 0 fully saturated rings. The summed E-state index contributed by atoms with van der Waals surface area (Å²) in [6.07, 6.45) is 1.04. The SMILES string of the molecule is CCc1ccsc1C(N)c1cc(Br)sc1Br. The number of thiophene rings is 2. The van der Waals surface area contributed by atoms with Crippen molar-refractivity contribution in [2.24, 2.45) is 5.73 Å². The molecule has 2 rings (SSSR count). The molecule has 1 nitrogen and oxygen atoms in total. The van der Waals surface area contributed by atoms with Crippen LogP contribution in [0.2, 0.25) is 0 Å². The van der Waals surface area contributed by atoms with E-state index in [2.05, 4.69) is 56.3 Å². The lowest BCUT2D eigenvalue weighted by Crippen LogP contribution is -2.11. The zero-order chi connectivity index (χ0) is 11.7. The van der Waals surface area contributed by atoms with Gasteiger partial charge in [0.1, 0.15) is 0 Å². The van der Waals surface area contributed by atoms with Gasteiger partial charge in [0, 0.05) is 10.4 Å². The molecule has 5 heteroatoms. The van der Waals surface area contributed by atoms with E-state index >= 15 is 0 Å². The molecule has 0 aliphatic heterocycles. The van der Waals surface area contributed by atoms with Crippen LogP contribution in [-0.2, 0) is 6.42 Å². The van der Waals surface area contributed by atoms with Crippen LogP contribution in [0, 0.1) is 0 Å². The van der Waals surface area contributed by atoms with Crippen molar-refractivity contribution in [1.82, 2.24) is 0 Å². The normalized spacial score (nSPS) is 13.0. The van der Waals surface area contributed by atoms with E-state index in [1.807, 2.05) is 0 Å². The molecular formula is C11H11Br2NS2. The Morgan fingerprint density at radius 1 is 1.44 bits per heavy atom. The summed E-state index contributed by atoms with van der Waals surface area (Å²) in [4.78, 5) is 1.27. The van der Waals surface area contributed by atoms with Gasteiger partial charge in [-0.05, 0) is 61.4 Å². The molecule has 0 saturated carbocycles. The Labute approximate surface area is 120 Å². The summed E-state index contributed by atoms with van der Waals surface area (Å²) >= 11 is 10.5. The van der Waals surface area contributed by atoms with Crippen molar-refractivity contribution in [3.05, 3.63) is 41.1 Å². The lowest BCUT2D eigenvalue weighted by molar-refractivity contribution is 0.875. The molecule has 0 saturated heterocycles. The number of hydrogen-bond acceptors (Lipinski definition) is 3. The standard InChI is InChI=1S/C11H11Br2NS2/c1-2-6-3-4-15-10(6)9(14)7-5-8(12)16-11(7)13/h3-5,9H,2,14H2,1H3. The lowest BCUT2D eigenvalue weighted by Gasteiger charge is -2.11. The van der Waals surface area contributed by atoms with Crippen LogP contribution in [0.25, 0.3) is 0 Å². The summed E-state index contributed by atoms with van der Waals surface area (Å²) < 4.78 is 2.22. The van der Waals surface area contributed by atoms with Gasteiger partial charge < -0.3 is 5.73 Å². The molecule has 2 aromatic rings. The molecule has 0 aliphatic rings. The smallest absolute Gasteiger partial charge is 0.0761 e. The van der Waals surface area contributed by atoms with Crippen LogP contribution >= 0.6 is 54.5 Å². The van der Waals surface area contributed by atoms with Crippen LogP contribution in [0.15, 0.2) is 25.1 Å². The minimum Gasteiger partial charge on any atom is -0.320 e. The largest absolute Gasteiger partial charge is 0.320 e. The minimum atomic E-state index is -0.0214. The quantitative estimate of drug-likeness (QED) is 0.801. The van der Waals surface area contributed by atoms with Gasteiger partial charge in [0.25, 0.3) is 0 Å². The average Bonchev–Trinajstić information content (AvgIpc) is 2.83. The van der Waals surface area contributed by atoms with Crippen molar-refractivity contribution in [2.75, 3.05) is 0 Å². The van der Waals surface area contributed by atoms with E-state index in [9.17, 15) is 0 Å². The van der Waals surface area contributed by atoms with Crippen molar-refractivity contribution in [1.29, 1.82) is 0 Å². The summed E-state index contributed by atoms with van der Waals surface area (Å²) in [6, 6.07) is 4.24. The van der Waals surface area contributed by atoms with E-state index in [4.69, 9.17) is 5.73 Å². The Bertz CT molecular complexity index is 490. The summed E-state index contributed by atoms with van der Waals surface area (Å²) in [6.45, 7) is 2.16. The minimum absolute atomic E-state index is 0.0214. The number of aryl methyl sites for hydroxylation is 1. The Morgan fingerprint density at radius 3 is 2.75 bits per heavy atom. The van der Waals surface area contributed by atoms with Crippen LogP contribution in [0.1, 0.15) is 29.0 Å². The van der Waals surface area contributed by atoms with E-state index in [0.29, 0.717) is 0 Å². The summed E-state index contributed by atoms with van der Waals surface area (Å²) in [5.74, 6) is 0. The van der Waals surface area contributed by atoms with Gasteiger partial charge >= 0.3 is 0 Å². The van der Waals surface area contributed by atoms with Crippen LogP contribution in [0.4, 0.5) is 0 Å². The van der Waals surface area contributed by atoms with Crippen LogP contribution < -0.4 is 5.73 Å². The maximum atomic E-state index is 6.32. The Balaban J connectivity index is 2.38. The first-order valence-corrected chi connectivity index (χ1v) is 8.18. The van der Waals surface area contributed by atoms with Crippen LogP contribution in [0.3, 0.4) is 0 Å². The molecule has 0 bridgehead atoms. The fraction of sp³-hybridized carbons (Fsp3) is 0.273. The highest BCUT2D eigenvalue weighted by Crippen LogP contribution is 2.38. The highest BCUT2D eigenvalue weighted by atomic mass is 79.9. The van der Waals surface area contributed by atoms with Gasteiger partial charge in [0.05, 0.1) is 13.6 Å².